The van der Waals surface area contributed by atoms with E-state index in [1.165, 1.54) is 0 Å². The van der Waals surface area contributed by atoms with Gasteiger partial charge in [-0.15, -0.1) is 0 Å². The number of hydrogen-bond donors (Lipinski definition) is 4. The molecule has 0 fully saturated rings. The van der Waals surface area contributed by atoms with E-state index in [-0.39, 0.29) is 20.1 Å². The van der Waals surface area contributed by atoms with Crippen LogP contribution < -0.4 is 37.4 Å². The molecule has 7 aromatic carbocycles. The normalized spacial score (nSPS) is 15.4. The van der Waals surface area contributed by atoms with Crippen molar-refractivity contribution < 1.29 is 4.57 Å². The van der Waals surface area contributed by atoms with Gasteiger partial charge in [0.25, 0.3) is 0 Å². The summed E-state index contributed by atoms with van der Waals surface area (Å²) in [6.07, 6.45) is 3.72. The zero-order chi connectivity index (χ0) is 69.1. The third-order valence-electron chi connectivity index (χ3n) is 18.2. The van der Waals surface area contributed by atoms with Crippen molar-refractivity contribution >= 4 is 220 Å². The summed E-state index contributed by atoms with van der Waals surface area (Å²) in [5.74, 6) is 0. The molecule has 490 valence electrons. The van der Waals surface area contributed by atoms with Crippen LogP contribution in [0, 0.1) is 0 Å². The van der Waals surface area contributed by atoms with Crippen LogP contribution in [0.2, 0.25) is 70.3 Å². The van der Waals surface area contributed by atoms with Crippen molar-refractivity contribution in [2.45, 2.75) is 0 Å². The van der Waals surface area contributed by atoms with E-state index in [1.54, 1.807) is 127 Å². The maximum absolute atomic E-state index is 18.8. The molecule has 0 saturated heterocycles. The minimum atomic E-state index is -4.57. The first-order valence-corrected chi connectivity index (χ1v) is 37.4. The van der Waals surface area contributed by atoms with Crippen LogP contribution in [0.1, 0.15) is 73.1 Å². The number of allylic oxidation sites excluding steroid dienone is 2. The molecule has 0 radical (unpaired) electrons. The minimum absolute atomic E-state index is 0.273. The van der Waals surface area contributed by atoms with Crippen LogP contribution in [0.3, 0.4) is 0 Å². The van der Waals surface area contributed by atoms with Crippen molar-refractivity contribution in [3.05, 3.63) is 387 Å². The third kappa shape index (κ3) is 10.3. The Morgan fingerprint density at radius 3 is 1.04 bits per heavy atom. The van der Waals surface area contributed by atoms with Gasteiger partial charge in [-0.2, -0.15) is 0 Å². The standard InChI is InChI=1S/C77H38Cl14N7OP/c78-35-8-1-9-36(79)63(35)70-49-22-23-51(92-49)71(64-37(80)10-2-11-38(64)81)53-26-27-55(94-53)73(66-41(84)14-4-15-42(66)85)57-34-62-77(96-57)76(69-47(90)20-7-21-48(69)91)61-33-32-60-75(68-45(88)18-6-19-46(68)89)59-31-30-58(97(59)100(62,99)98(60)61)74(67-43(86)16-5-17-44(67)87)56-29-28-54(95-56)72(52-25-24-50(70)93-52)65-39(82)12-3-13-40(65)83/h1-34,92-93,95-96H. The van der Waals surface area contributed by atoms with Crippen molar-refractivity contribution in [3.63, 3.8) is 0 Å². The fourth-order valence-electron chi connectivity index (χ4n) is 14.2. The molecule has 1 unspecified atom stereocenters. The maximum Gasteiger partial charge on any atom is 0.303 e. The number of halogens is 14. The Hall–Kier alpha value is -7.12. The van der Waals surface area contributed by atoms with Gasteiger partial charge in [0.1, 0.15) is 0 Å². The van der Waals surface area contributed by atoms with Crippen molar-refractivity contribution in [3.8, 4) is 0 Å². The first-order valence-electron chi connectivity index (χ1n) is 30.5. The van der Waals surface area contributed by atoms with Crippen LogP contribution in [0.25, 0.3) is 39.0 Å². The molecule has 4 aliphatic heterocycles. The average Bonchev–Trinajstić information content (AvgIpc) is 1.46. The summed E-state index contributed by atoms with van der Waals surface area (Å²) in [5, 5.41) is 7.49. The summed E-state index contributed by atoms with van der Waals surface area (Å²) in [6.45, 7) is 0. The van der Waals surface area contributed by atoms with Gasteiger partial charge in [0.15, 0.2) is 0 Å². The van der Waals surface area contributed by atoms with Crippen molar-refractivity contribution in [1.82, 2.24) is 28.6 Å². The lowest BCUT2D eigenvalue weighted by molar-refractivity contribution is 0.564. The van der Waals surface area contributed by atoms with E-state index >= 15 is 4.57 Å². The van der Waals surface area contributed by atoms with E-state index in [0.29, 0.717) is 211 Å². The van der Waals surface area contributed by atoms with E-state index in [1.807, 2.05) is 87.6 Å². The number of benzene rings is 7. The van der Waals surface area contributed by atoms with Crippen LogP contribution in [0.15, 0.2) is 217 Å². The van der Waals surface area contributed by atoms with Gasteiger partial charge in [-0.1, -0.05) is 205 Å². The largest absolute Gasteiger partial charge is 0.354 e. The molecule has 17 rings (SSSR count). The first kappa shape index (κ1) is 66.1. The zero-order valence-corrected chi connectivity index (χ0v) is 62.1. The van der Waals surface area contributed by atoms with Gasteiger partial charge in [0.05, 0.1) is 114 Å². The lowest BCUT2D eigenvalue weighted by Gasteiger charge is -2.34. The van der Waals surface area contributed by atoms with E-state index in [9.17, 15) is 0 Å². The highest BCUT2D eigenvalue weighted by Crippen LogP contribution is 2.56. The number of nitrogens with zero attached hydrogens (tertiary/aromatic N) is 3. The Balaban J connectivity index is 1.13. The van der Waals surface area contributed by atoms with Gasteiger partial charge in [-0.05, 0) is 164 Å². The second-order valence-electron chi connectivity index (χ2n) is 23.7. The maximum atomic E-state index is 18.8. The topological polar surface area (TPSA) is 102 Å². The Morgan fingerprint density at radius 1 is 0.290 bits per heavy atom. The number of aromatic nitrogens is 6. The van der Waals surface area contributed by atoms with Gasteiger partial charge in [-0.3, -0.25) is 13.2 Å². The number of aliphatic imine (C=N–C) groups is 1. The predicted molar refractivity (Wildman–Crippen MR) is 416 cm³/mol. The minimum Gasteiger partial charge on any atom is -0.354 e. The van der Waals surface area contributed by atoms with Crippen LogP contribution >= 0.6 is 170 Å². The highest BCUT2D eigenvalue weighted by molar-refractivity contribution is 7.69. The molecule has 8 nitrogen and oxygen atoms in total. The molecule has 4 aliphatic rings. The Bertz CT molecular complexity index is 6270. The summed E-state index contributed by atoms with van der Waals surface area (Å²) >= 11 is 104. The summed E-state index contributed by atoms with van der Waals surface area (Å²) in [5.41, 5.74) is 10.6. The Kier molecular flexibility index (Phi) is 16.8. The number of hydrogen-bond acceptors (Lipinski definition) is 2. The van der Waals surface area contributed by atoms with Gasteiger partial charge >= 0.3 is 7.44 Å². The van der Waals surface area contributed by atoms with Crippen molar-refractivity contribution in [2.75, 3.05) is 0 Å². The average molecular weight is 1600 g/mol. The van der Waals surface area contributed by atoms with Gasteiger partial charge in [0, 0.05) is 117 Å². The van der Waals surface area contributed by atoms with Crippen LogP contribution in [0.5, 0.6) is 0 Å². The first-order chi connectivity index (χ1) is 48.3. The molecule has 0 aliphatic carbocycles. The van der Waals surface area contributed by atoms with Crippen LogP contribution in [0.4, 0.5) is 0 Å². The van der Waals surface area contributed by atoms with Gasteiger partial charge in [0.2, 0.25) is 0 Å². The lowest BCUT2D eigenvalue weighted by Crippen LogP contribution is -2.45. The molecule has 10 bridgehead atoms. The quantitative estimate of drug-likeness (QED) is 0.117. The molecule has 6 aromatic heterocycles. The predicted octanol–water partition coefficient (Wildman–Crippen LogP) is 20.5. The molecule has 4 N–H and O–H groups in total. The van der Waals surface area contributed by atoms with Gasteiger partial charge < -0.3 is 19.9 Å². The summed E-state index contributed by atoms with van der Waals surface area (Å²) in [4.78, 5) is 20.7. The molecule has 23 heteroatoms. The number of aromatic amines is 4. The molecule has 100 heavy (non-hydrogen) atoms. The lowest BCUT2D eigenvalue weighted by atomic mass is 10.00. The van der Waals surface area contributed by atoms with Crippen LogP contribution in [-0.2, 0) is 4.57 Å². The van der Waals surface area contributed by atoms with Crippen LogP contribution in [-0.4, -0.2) is 34.3 Å². The van der Waals surface area contributed by atoms with Gasteiger partial charge in [-0.25, -0.2) is 4.99 Å². The second kappa shape index (κ2) is 25.4. The summed E-state index contributed by atoms with van der Waals surface area (Å²) in [6, 6.07) is 57.9. The Labute approximate surface area is 639 Å². The molecule has 10 heterocycles. The number of rotatable bonds is 7. The van der Waals surface area contributed by atoms with E-state index in [0.717, 1.165) is 0 Å². The third-order valence-corrected chi connectivity index (χ3v) is 25.6. The van der Waals surface area contributed by atoms with E-state index in [2.05, 4.69) is 19.9 Å². The molecule has 1 atom stereocenters. The van der Waals surface area contributed by atoms with Crippen molar-refractivity contribution in [2.24, 2.45) is 4.99 Å². The smallest absolute Gasteiger partial charge is 0.303 e. The Morgan fingerprint density at radius 2 is 0.620 bits per heavy atom. The van der Waals surface area contributed by atoms with Crippen molar-refractivity contribution in [1.29, 1.82) is 0 Å². The molecule has 13 aromatic rings. The molecule has 0 spiro atoms. The summed E-state index contributed by atoms with van der Waals surface area (Å²) in [7, 11) is -4.57. The number of H-pyrrole nitrogens is 4. The van der Waals surface area contributed by atoms with E-state index < -0.39 is 7.44 Å². The second-order valence-corrected chi connectivity index (χ2v) is 31.8. The SMILES string of the molecule is O=P12c3cc4[nH]c3=C(c3c(Cl)cccc3Cl)c3ccc(n31)C(c1c(Cl)cccc1Cl)=c1ccc(n12)=C(c1c(Cl)cccc1Cl)c1ccc([nH]1)C(c1c(Cl)cccc1Cl)=c1ccc([nH]1)=C(c1c(Cl)cccc1Cl)c1ccc([nH]1)C(c1c(Cl)cccc1Cl)=C1C=CC(=N1)C=4c1c(Cl)cccc1Cl. The monoisotopic (exact) mass is 1600 g/mol. The molecular formula is C77H38Cl14N7OP. The zero-order valence-electron chi connectivity index (χ0n) is 50.6. The number of nitrogens with one attached hydrogen (secondary N) is 4. The number of fused-ring (bicyclic) bond motifs is 8. The van der Waals surface area contributed by atoms with E-state index in [4.69, 9.17) is 167 Å². The fourth-order valence-corrected chi connectivity index (χ4v) is 21.5. The molecule has 0 saturated carbocycles. The summed E-state index contributed by atoms with van der Waals surface area (Å²) < 4.78 is 22.5. The molecule has 0 amide bonds. The highest BCUT2D eigenvalue weighted by Gasteiger charge is 2.46. The highest BCUT2D eigenvalue weighted by atomic mass is 35.5. The fraction of sp³-hybridized carbons (Fsp3) is 0. The molecular weight excluding hydrogens is 1570 g/mol.